The number of benzene rings is 2. The fourth-order valence-corrected chi connectivity index (χ4v) is 5.50. The maximum absolute atomic E-state index is 13.0. The van der Waals surface area contributed by atoms with Crippen LogP contribution in [0.2, 0.25) is 0 Å². The number of methoxy groups -OCH3 is 1. The second-order valence-corrected chi connectivity index (χ2v) is 10.8. The Morgan fingerprint density at radius 2 is 1.68 bits per heavy atom. The molecule has 0 unspecified atom stereocenters. The van der Waals surface area contributed by atoms with E-state index in [1.165, 1.54) is 54.3 Å². The monoisotopic (exact) mass is 560 g/mol. The summed E-state index contributed by atoms with van der Waals surface area (Å²) in [6, 6.07) is 16.3. The number of aliphatic carboxylic acids is 1. The number of hydrogen-bond donors (Lipinski definition) is 1. The molecule has 0 radical (unpaired) electrons. The summed E-state index contributed by atoms with van der Waals surface area (Å²) >= 11 is 0. The Labute approximate surface area is 231 Å². The molecule has 7 nitrogen and oxygen atoms in total. The lowest BCUT2D eigenvalue weighted by atomic mass is 9.93. The van der Waals surface area contributed by atoms with Gasteiger partial charge >= 0.3 is 18.1 Å². The summed E-state index contributed by atoms with van der Waals surface area (Å²) in [6.07, 6.45) is 0.706. The van der Waals surface area contributed by atoms with Gasteiger partial charge in [-0.25, -0.2) is 4.79 Å². The fourth-order valence-electron chi connectivity index (χ4n) is 5.50. The number of carboxylic acids is 1. The molecular formula is C30H35F3N2O5. The lowest BCUT2D eigenvalue weighted by Gasteiger charge is -2.31. The molecule has 1 atom stereocenters. The smallest absolute Gasteiger partial charge is 0.475 e. The van der Waals surface area contributed by atoms with Crippen LogP contribution in [0.1, 0.15) is 49.3 Å². The van der Waals surface area contributed by atoms with Crippen molar-refractivity contribution in [3.05, 3.63) is 59.2 Å². The van der Waals surface area contributed by atoms with Crippen LogP contribution in [0.15, 0.2) is 42.5 Å². The molecule has 0 aromatic heterocycles. The number of amides is 1. The Balaban J connectivity index is 0.000000470. The molecule has 0 spiro atoms. The molecule has 10 heteroatoms. The van der Waals surface area contributed by atoms with Crippen molar-refractivity contribution in [1.82, 2.24) is 9.80 Å². The lowest BCUT2D eigenvalue weighted by molar-refractivity contribution is -0.192. The van der Waals surface area contributed by atoms with E-state index in [-0.39, 0.29) is 11.9 Å². The van der Waals surface area contributed by atoms with Gasteiger partial charge in [0.15, 0.2) is 0 Å². The van der Waals surface area contributed by atoms with E-state index in [1.54, 1.807) is 0 Å². The maximum Gasteiger partial charge on any atom is 0.490 e. The number of hydrogen-bond acceptors (Lipinski definition) is 5. The van der Waals surface area contributed by atoms with Gasteiger partial charge in [-0.2, -0.15) is 13.2 Å². The zero-order valence-corrected chi connectivity index (χ0v) is 22.8. The molecule has 5 rings (SSSR count). The van der Waals surface area contributed by atoms with Crippen LogP contribution in [-0.4, -0.2) is 71.7 Å². The summed E-state index contributed by atoms with van der Waals surface area (Å²) < 4.78 is 36.6. The molecule has 2 fully saturated rings. The lowest BCUT2D eigenvalue weighted by Crippen LogP contribution is -2.43. The Hall–Kier alpha value is -3.40. The van der Waals surface area contributed by atoms with E-state index in [0.29, 0.717) is 25.9 Å². The third kappa shape index (κ3) is 6.66. The van der Waals surface area contributed by atoms with Crippen LogP contribution in [0.25, 0.3) is 11.1 Å². The van der Waals surface area contributed by atoms with Crippen LogP contribution in [0.4, 0.5) is 13.2 Å². The van der Waals surface area contributed by atoms with E-state index in [2.05, 4.69) is 54.3 Å². The van der Waals surface area contributed by atoms with Crippen LogP contribution in [0.3, 0.4) is 0 Å². The number of alkyl halides is 3. The fraction of sp³-hybridized carbons (Fsp3) is 0.500. The highest BCUT2D eigenvalue weighted by Crippen LogP contribution is 2.48. The average Bonchev–Trinajstić information content (AvgIpc) is 3.66. The Bertz CT molecular complexity index is 1240. The predicted octanol–water partition coefficient (Wildman–Crippen LogP) is 4.85. The zero-order valence-electron chi connectivity index (χ0n) is 22.8. The summed E-state index contributed by atoms with van der Waals surface area (Å²) in [5.41, 5.74) is 5.41. The van der Waals surface area contributed by atoms with Crippen molar-refractivity contribution in [2.75, 3.05) is 26.7 Å². The highest BCUT2D eigenvalue weighted by Gasteiger charge is 2.59. The minimum atomic E-state index is -5.08. The molecule has 2 aromatic rings. The average molecular weight is 561 g/mol. The van der Waals surface area contributed by atoms with Crippen molar-refractivity contribution in [2.45, 2.75) is 64.2 Å². The van der Waals surface area contributed by atoms with Gasteiger partial charge < -0.3 is 19.6 Å². The molecule has 216 valence electrons. The van der Waals surface area contributed by atoms with E-state index >= 15 is 0 Å². The van der Waals surface area contributed by atoms with Crippen molar-refractivity contribution in [2.24, 2.45) is 5.41 Å². The first-order chi connectivity index (χ1) is 18.9. The van der Waals surface area contributed by atoms with Gasteiger partial charge in [-0.05, 0) is 79.8 Å². The number of halogens is 3. The number of carboxylic acid groups (broad SMARTS) is 1. The Morgan fingerprint density at radius 3 is 2.23 bits per heavy atom. The largest absolute Gasteiger partial charge is 0.490 e. The molecule has 1 N–H and O–H groups in total. The van der Waals surface area contributed by atoms with E-state index in [1.807, 2.05) is 4.90 Å². The number of carbonyl (C=O) groups is 3. The summed E-state index contributed by atoms with van der Waals surface area (Å²) in [4.78, 5) is 38.4. The SMILES string of the molecule is COC(=O)C1(C(=O)N2CCc3cc(-c4ccc(CCN5CCC[C@H]5C)cc4)ccc3C2)CC1.O=C(O)C(F)(F)F. The first-order valence-corrected chi connectivity index (χ1v) is 13.6. The first-order valence-electron chi connectivity index (χ1n) is 13.6. The van der Waals surface area contributed by atoms with E-state index < -0.39 is 17.6 Å². The van der Waals surface area contributed by atoms with Gasteiger partial charge in [-0.15, -0.1) is 0 Å². The zero-order chi connectivity index (χ0) is 29.1. The predicted molar refractivity (Wildman–Crippen MR) is 142 cm³/mol. The highest BCUT2D eigenvalue weighted by molar-refractivity contribution is 6.05. The molecule has 1 amide bonds. The van der Waals surface area contributed by atoms with Crippen molar-refractivity contribution >= 4 is 17.8 Å². The number of ether oxygens (including phenoxy) is 1. The molecule has 3 aliphatic rings. The summed E-state index contributed by atoms with van der Waals surface area (Å²) in [5.74, 6) is -3.21. The van der Waals surface area contributed by atoms with Gasteiger partial charge in [0.25, 0.3) is 0 Å². The molecule has 0 bridgehead atoms. The molecule has 2 aromatic carbocycles. The van der Waals surface area contributed by atoms with Gasteiger partial charge in [0, 0.05) is 25.7 Å². The van der Waals surface area contributed by atoms with Crippen LogP contribution in [-0.2, 0) is 38.5 Å². The van der Waals surface area contributed by atoms with Gasteiger partial charge in [-0.1, -0.05) is 42.5 Å². The van der Waals surface area contributed by atoms with Crippen LogP contribution in [0.5, 0.6) is 0 Å². The molecule has 2 aliphatic heterocycles. The molecule has 1 saturated carbocycles. The number of esters is 1. The summed E-state index contributed by atoms with van der Waals surface area (Å²) in [6.45, 7) is 5.94. The minimum Gasteiger partial charge on any atom is -0.475 e. The van der Waals surface area contributed by atoms with Crippen molar-refractivity contribution in [1.29, 1.82) is 0 Å². The molecule has 40 heavy (non-hydrogen) atoms. The third-order valence-corrected chi connectivity index (χ3v) is 8.15. The van der Waals surface area contributed by atoms with Gasteiger partial charge in [-0.3, -0.25) is 9.59 Å². The number of carbonyl (C=O) groups excluding carboxylic acids is 2. The molecule has 1 aliphatic carbocycles. The van der Waals surface area contributed by atoms with Crippen LogP contribution in [0, 0.1) is 5.41 Å². The van der Waals surface area contributed by atoms with Gasteiger partial charge in [0.2, 0.25) is 5.91 Å². The van der Waals surface area contributed by atoms with Crippen LogP contribution < -0.4 is 0 Å². The maximum atomic E-state index is 13.0. The van der Waals surface area contributed by atoms with Crippen molar-refractivity contribution < 1.29 is 37.4 Å². The summed E-state index contributed by atoms with van der Waals surface area (Å²) in [7, 11) is 1.36. The van der Waals surface area contributed by atoms with E-state index in [9.17, 15) is 22.8 Å². The second kappa shape index (κ2) is 12.0. The Morgan fingerprint density at radius 1 is 1.02 bits per heavy atom. The Kier molecular flexibility index (Phi) is 8.87. The summed E-state index contributed by atoms with van der Waals surface area (Å²) in [5, 5.41) is 7.12. The molecule has 2 heterocycles. The third-order valence-electron chi connectivity index (χ3n) is 8.15. The topological polar surface area (TPSA) is 87.2 Å². The number of rotatable bonds is 6. The minimum absolute atomic E-state index is 0.0667. The molecule has 1 saturated heterocycles. The normalized spacial score (nSPS) is 19.7. The van der Waals surface area contributed by atoms with Crippen molar-refractivity contribution in [3.63, 3.8) is 0 Å². The van der Waals surface area contributed by atoms with E-state index in [0.717, 1.165) is 25.4 Å². The first kappa shape index (κ1) is 29.6. The van der Waals surface area contributed by atoms with Crippen LogP contribution >= 0.6 is 0 Å². The van der Waals surface area contributed by atoms with Crippen molar-refractivity contribution in [3.8, 4) is 11.1 Å². The standard InChI is InChI=1S/C28H34N2O3.C2HF3O2/c1-20-4-3-15-29(20)16-11-21-5-7-22(8-6-21)23-9-10-25-19-30(17-12-24(25)18-23)26(31)28(13-14-28)27(32)33-2;3-2(4,5)1(6)7/h5-10,18,20H,3-4,11-17,19H2,1-2H3;(H,6,7)/t20-;/m1./s1. The number of likely N-dealkylation sites (tertiary alicyclic amines) is 1. The second-order valence-electron chi connectivity index (χ2n) is 10.8. The van der Waals surface area contributed by atoms with Gasteiger partial charge in [0.05, 0.1) is 7.11 Å². The highest BCUT2D eigenvalue weighted by atomic mass is 19.4. The molecular weight excluding hydrogens is 525 g/mol. The quantitative estimate of drug-likeness (QED) is 0.402. The number of nitrogens with zero attached hydrogens (tertiary/aromatic N) is 2. The number of fused-ring (bicyclic) bond motifs is 1. The van der Waals surface area contributed by atoms with Gasteiger partial charge in [0.1, 0.15) is 5.41 Å². The van der Waals surface area contributed by atoms with E-state index in [4.69, 9.17) is 14.6 Å².